The van der Waals surface area contributed by atoms with E-state index in [1.54, 1.807) is 11.3 Å². The molecule has 1 fully saturated rings. The minimum atomic E-state index is 0.681. The van der Waals surface area contributed by atoms with Crippen molar-refractivity contribution in [3.63, 3.8) is 0 Å². The van der Waals surface area contributed by atoms with Gasteiger partial charge >= 0.3 is 0 Å². The van der Waals surface area contributed by atoms with Gasteiger partial charge in [-0.2, -0.15) is 0 Å². The van der Waals surface area contributed by atoms with Crippen molar-refractivity contribution in [3.05, 3.63) is 34.3 Å². The Morgan fingerprint density at radius 2 is 1.88 bits per heavy atom. The van der Waals surface area contributed by atoms with E-state index in [-0.39, 0.29) is 0 Å². The van der Waals surface area contributed by atoms with Crippen LogP contribution in [-0.2, 0) is 0 Å². The third-order valence-electron chi connectivity index (χ3n) is 3.31. The number of anilines is 1. The number of aryl methyl sites for hydroxylation is 2. The van der Waals surface area contributed by atoms with Crippen molar-refractivity contribution in [2.75, 3.05) is 5.73 Å². The Balaban J connectivity index is 2.14. The van der Waals surface area contributed by atoms with Gasteiger partial charge in [0.1, 0.15) is 10.7 Å². The van der Waals surface area contributed by atoms with Crippen LogP contribution in [-0.4, -0.2) is 4.98 Å². The molecule has 2 aromatic rings. The van der Waals surface area contributed by atoms with Gasteiger partial charge < -0.3 is 5.73 Å². The molecule has 0 bridgehead atoms. The highest BCUT2D eigenvalue weighted by Gasteiger charge is 2.28. The number of benzene rings is 1. The lowest BCUT2D eigenvalue weighted by molar-refractivity contribution is 1.08. The van der Waals surface area contributed by atoms with Crippen LogP contribution in [0.4, 0.5) is 5.00 Å². The number of nitrogens with two attached hydrogens (primary N) is 1. The molecule has 0 atom stereocenters. The summed E-state index contributed by atoms with van der Waals surface area (Å²) in [6.07, 6.45) is 2.55. The normalized spacial score (nSPS) is 15.2. The van der Waals surface area contributed by atoms with Gasteiger partial charge in [0, 0.05) is 11.5 Å². The van der Waals surface area contributed by atoms with Crippen LogP contribution in [0.25, 0.3) is 11.3 Å². The van der Waals surface area contributed by atoms with Gasteiger partial charge in [-0.15, -0.1) is 11.3 Å². The average molecular weight is 244 g/mol. The predicted octanol–water partition coefficient (Wildman–Crippen LogP) is 3.89. The van der Waals surface area contributed by atoms with Crippen LogP contribution < -0.4 is 5.73 Å². The van der Waals surface area contributed by atoms with Crippen LogP contribution in [0, 0.1) is 13.8 Å². The Bertz CT molecular complexity index is 547. The van der Waals surface area contributed by atoms with E-state index in [0.29, 0.717) is 5.92 Å². The van der Waals surface area contributed by atoms with Gasteiger partial charge in [-0.25, -0.2) is 4.98 Å². The second kappa shape index (κ2) is 3.84. The predicted molar refractivity (Wildman–Crippen MR) is 73.4 cm³/mol. The highest BCUT2D eigenvalue weighted by Crippen LogP contribution is 2.45. The molecule has 1 saturated carbocycles. The number of thiazole rings is 1. The zero-order valence-electron chi connectivity index (χ0n) is 10.2. The van der Waals surface area contributed by atoms with Crippen molar-refractivity contribution in [2.45, 2.75) is 32.6 Å². The lowest BCUT2D eigenvalue weighted by atomic mass is 10.0. The highest BCUT2D eigenvalue weighted by atomic mass is 32.1. The largest absolute Gasteiger partial charge is 0.389 e. The van der Waals surface area contributed by atoms with Crippen LogP contribution in [0.15, 0.2) is 18.2 Å². The Morgan fingerprint density at radius 1 is 1.24 bits per heavy atom. The Morgan fingerprint density at radius 3 is 2.47 bits per heavy atom. The van der Waals surface area contributed by atoms with Gasteiger partial charge in [0.15, 0.2) is 0 Å². The van der Waals surface area contributed by atoms with E-state index in [2.05, 4.69) is 32.0 Å². The molecule has 2 nitrogen and oxygen atoms in total. The summed E-state index contributed by atoms with van der Waals surface area (Å²) in [5, 5.41) is 2.09. The van der Waals surface area contributed by atoms with Crippen molar-refractivity contribution < 1.29 is 0 Å². The minimum absolute atomic E-state index is 0.681. The summed E-state index contributed by atoms with van der Waals surface area (Å²) in [6, 6.07) is 6.33. The zero-order valence-corrected chi connectivity index (χ0v) is 11.0. The van der Waals surface area contributed by atoms with Gasteiger partial charge in [-0.1, -0.05) is 18.2 Å². The Labute approximate surface area is 106 Å². The molecular formula is C14H16N2S. The van der Waals surface area contributed by atoms with E-state index in [4.69, 9.17) is 10.7 Å². The maximum Gasteiger partial charge on any atom is 0.114 e. The van der Waals surface area contributed by atoms with Crippen molar-refractivity contribution in [1.82, 2.24) is 4.98 Å². The van der Waals surface area contributed by atoms with E-state index in [9.17, 15) is 0 Å². The monoisotopic (exact) mass is 244 g/mol. The minimum Gasteiger partial charge on any atom is -0.389 e. The molecule has 0 saturated heterocycles. The lowest BCUT2D eigenvalue weighted by Crippen LogP contribution is -1.92. The number of nitrogen functional groups attached to an aromatic ring is 1. The smallest absolute Gasteiger partial charge is 0.114 e. The second-order valence-corrected chi connectivity index (χ2v) is 5.87. The summed E-state index contributed by atoms with van der Waals surface area (Å²) in [6.45, 7) is 4.25. The van der Waals surface area contributed by atoms with Gasteiger partial charge in [0.05, 0.1) is 5.01 Å². The first-order valence-corrected chi connectivity index (χ1v) is 6.81. The van der Waals surface area contributed by atoms with Crippen molar-refractivity contribution in [2.24, 2.45) is 0 Å². The molecule has 1 aliphatic carbocycles. The number of rotatable bonds is 2. The van der Waals surface area contributed by atoms with Gasteiger partial charge in [-0.3, -0.25) is 0 Å². The summed E-state index contributed by atoms with van der Waals surface area (Å²) in [5.74, 6) is 0.681. The quantitative estimate of drug-likeness (QED) is 0.870. The van der Waals surface area contributed by atoms with Gasteiger partial charge in [0.25, 0.3) is 0 Å². The van der Waals surface area contributed by atoms with Crippen LogP contribution in [0.2, 0.25) is 0 Å². The molecular weight excluding hydrogens is 228 g/mol. The fourth-order valence-electron chi connectivity index (χ4n) is 2.22. The van der Waals surface area contributed by atoms with Gasteiger partial charge in [-0.05, 0) is 37.8 Å². The molecule has 17 heavy (non-hydrogen) atoms. The van der Waals surface area contributed by atoms with Crippen LogP contribution >= 0.6 is 11.3 Å². The molecule has 1 aliphatic rings. The maximum atomic E-state index is 6.13. The number of hydrogen-bond donors (Lipinski definition) is 1. The molecule has 1 heterocycles. The second-order valence-electron chi connectivity index (χ2n) is 4.81. The molecule has 0 radical (unpaired) electrons. The average Bonchev–Trinajstić information content (AvgIpc) is 3.05. The summed E-state index contributed by atoms with van der Waals surface area (Å²) in [7, 11) is 0. The molecule has 0 aliphatic heterocycles. The molecule has 1 aromatic carbocycles. The van der Waals surface area contributed by atoms with E-state index in [1.165, 1.54) is 34.5 Å². The van der Waals surface area contributed by atoms with E-state index in [0.717, 1.165) is 10.7 Å². The molecule has 2 N–H and O–H groups in total. The summed E-state index contributed by atoms with van der Waals surface area (Å²) >= 11 is 1.66. The Hall–Kier alpha value is -1.35. The van der Waals surface area contributed by atoms with Crippen molar-refractivity contribution in [1.29, 1.82) is 0 Å². The first-order valence-electron chi connectivity index (χ1n) is 5.99. The Kier molecular flexibility index (Phi) is 2.44. The SMILES string of the molecule is Cc1cccc(C)c1-c1nc(C2CC2)sc1N. The van der Waals surface area contributed by atoms with Crippen LogP contribution in [0.5, 0.6) is 0 Å². The third kappa shape index (κ3) is 1.84. The lowest BCUT2D eigenvalue weighted by Gasteiger charge is -2.07. The molecule has 1 aromatic heterocycles. The molecule has 0 amide bonds. The summed E-state index contributed by atoms with van der Waals surface area (Å²) in [4.78, 5) is 4.76. The van der Waals surface area contributed by atoms with E-state index in [1.807, 2.05) is 0 Å². The van der Waals surface area contributed by atoms with Crippen molar-refractivity contribution >= 4 is 16.3 Å². The van der Waals surface area contributed by atoms with E-state index < -0.39 is 0 Å². The van der Waals surface area contributed by atoms with E-state index >= 15 is 0 Å². The highest BCUT2D eigenvalue weighted by molar-refractivity contribution is 7.16. The molecule has 88 valence electrons. The topological polar surface area (TPSA) is 38.9 Å². The van der Waals surface area contributed by atoms with Gasteiger partial charge in [0.2, 0.25) is 0 Å². The molecule has 0 spiro atoms. The number of hydrogen-bond acceptors (Lipinski definition) is 3. The standard InChI is InChI=1S/C14H16N2S/c1-8-4-3-5-9(2)11(8)12-13(15)17-14(16-12)10-6-7-10/h3-5,10H,6-7,15H2,1-2H3. The van der Waals surface area contributed by atoms with Crippen LogP contribution in [0.1, 0.15) is 34.9 Å². The molecule has 3 heteroatoms. The van der Waals surface area contributed by atoms with Crippen LogP contribution in [0.3, 0.4) is 0 Å². The molecule has 3 rings (SSSR count). The fraction of sp³-hybridized carbons (Fsp3) is 0.357. The first-order chi connectivity index (χ1) is 8.16. The third-order valence-corrected chi connectivity index (χ3v) is 4.36. The van der Waals surface area contributed by atoms with Crippen molar-refractivity contribution in [3.8, 4) is 11.3 Å². The summed E-state index contributed by atoms with van der Waals surface area (Å²) < 4.78 is 0. The maximum absolute atomic E-state index is 6.13. The number of nitrogens with zero attached hydrogens (tertiary/aromatic N) is 1. The summed E-state index contributed by atoms with van der Waals surface area (Å²) in [5.41, 5.74) is 10.8. The number of aromatic nitrogens is 1. The molecule has 0 unspecified atom stereocenters. The fourth-order valence-corrected chi connectivity index (χ4v) is 3.23. The zero-order chi connectivity index (χ0) is 12.0. The first kappa shape index (κ1) is 10.8.